The van der Waals surface area contributed by atoms with Gasteiger partial charge < -0.3 is 17.2 Å². The van der Waals surface area contributed by atoms with E-state index in [1.807, 2.05) is 12.1 Å². The minimum atomic E-state index is -0.418. The maximum Gasteiger partial charge on any atom is 0.248 e. The zero-order valence-electron chi connectivity index (χ0n) is 19.0. The van der Waals surface area contributed by atoms with Crippen LogP contribution in [0, 0.1) is 12.8 Å². The van der Waals surface area contributed by atoms with Crippen LogP contribution in [0.3, 0.4) is 0 Å². The average Bonchev–Trinajstić information content (AvgIpc) is 2.78. The Bertz CT molecular complexity index is 1080. The molecule has 0 spiro atoms. The number of pyridine rings is 1. The topological polar surface area (TPSA) is 108 Å². The first-order valence-corrected chi connectivity index (χ1v) is 11.9. The molecule has 0 radical (unpaired) electrons. The van der Waals surface area contributed by atoms with Crippen molar-refractivity contribution in [3.8, 4) is 11.1 Å². The fourth-order valence-electron chi connectivity index (χ4n) is 3.82. The largest absolute Gasteiger partial charge is 0.366 e. The minimum Gasteiger partial charge on any atom is -0.366 e. The third kappa shape index (κ3) is 5.57. The maximum absolute atomic E-state index is 11.3. The lowest BCUT2D eigenvalue weighted by atomic mass is 9.90. The number of aryl methyl sites for hydroxylation is 1. The van der Waals surface area contributed by atoms with E-state index in [2.05, 4.69) is 45.0 Å². The molecule has 0 atom stereocenters. The van der Waals surface area contributed by atoms with E-state index in [4.69, 9.17) is 22.2 Å². The molecular formula is C26H32N4OS. The molecule has 0 aliphatic carbocycles. The standard InChI is InChI=1S/C26H32N4OS/c1-16(2)12-24-22(14-28)25(19-6-4-18(13-27)5-7-19)23(17(3)30-24)15-32-21-10-8-20(9-11-21)26(29)31/h4-11,16H,12-15,27-28H2,1-3H3,(H2,29,31). The highest BCUT2D eigenvalue weighted by Crippen LogP contribution is 2.36. The number of hydrogen-bond donors (Lipinski definition) is 3. The zero-order valence-corrected chi connectivity index (χ0v) is 19.8. The molecule has 1 amide bonds. The van der Waals surface area contributed by atoms with E-state index in [1.165, 1.54) is 11.1 Å². The summed E-state index contributed by atoms with van der Waals surface area (Å²) in [5.41, 5.74) is 25.8. The second-order valence-corrected chi connectivity index (χ2v) is 9.41. The Labute approximate surface area is 194 Å². The summed E-state index contributed by atoms with van der Waals surface area (Å²) in [5, 5.41) is 0. The molecule has 3 rings (SSSR count). The summed E-state index contributed by atoms with van der Waals surface area (Å²) in [6, 6.07) is 15.8. The molecule has 1 heterocycles. The van der Waals surface area contributed by atoms with Gasteiger partial charge in [0.1, 0.15) is 0 Å². The number of rotatable bonds is 9. The van der Waals surface area contributed by atoms with Crippen LogP contribution >= 0.6 is 11.8 Å². The van der Waals surface area contributed by atoms with Gasteiger partial charge in [-0.2, -0.15) is 0 Å². The summed E-state index contributed by atoms with van der Waals surface area (Å²) in [5.74, 6) is 0.819. The predicted octanol–water partition coefficient (Wildman–Crippen LogP) is 4.56. The second-order valence-electron chi connectivity index (χ2n) is 8.36. The highest BCUT2D eigenvalue weighted by Gasteiger charge is 2.19. The second kappa shape index (κ2) is 10.8. The number of amides is 1. The Morgan fingerprint density at radius 3 is 2.16 bits per heavy atom. The van der Waals surface area contributed by atoms with Crippen LogP contribution in [-0.2, 0) is 25.3 Å². The van der Waals surface area contributed by atoms with E-state index in [1.54, 1.807) is 23.9 Å². The predicted molar refractivity (Wildman–Crippen MR) is 133 cm³/mol. The Hall–Kier alpha value is -2.67. The summed E-state index contributed by atoms with van der Waals surface area (Å²) in [4.78, 5) is 17.4. The lowest BCUT2D eigenvalue weighted by Gasteiger charge is -2.21. The van der Waals surface area contributed by atoms with E-state index in [9.17, 15) is 4.79 Å². The molecular weight excluding hydrogens is 416 g/mol. The number of carbonyl (C=O) groups excluding carboxylic acids is 1. The van der Waals surface area contributed by atoms with E-state index in [-0.39, 0.29) is 0 Å². The zero-order chi connectivity index (χ0) is 23.3. The van der Waals surface area contributed by atoms with Gasteiger partial charge in [-0.1, -0.05) is 38.1 Å². The van der Waals surface area contributed by atoms with Crippen molar-refractivity contribution in [3.05, 3.63) is 82.2 Å². The molecule has 0 saturated carbocycles. The molecule has 1 aromatic heterocycles. The van der Waals surface area contributed by atoms with Gasteiger partial charge in [0.2, 0.25) is 5.91 Å². The molecule has 0 bridgehead atoms. The van der Waals surface area contributed by atoms with Gasteiger partial charge in [-0.25, -0.2) is 0 Å². The molecule has 2 aromatic carbocycles. The summed E-state index contributed by atoms with van der Waals surface area (Å²) in [6.07, 6.45) is 0.892. The average molecular weight is 449 g/mol. The van der Waals surface area contributed by atoms with Crippen molar-refractivity contribution in [2.24, 2.45) is 23.1 Å². The van der Waals surface area contributed by atoms with Crippen LogP contribution in [0.2, 0.25) is 0 Å². The van der Waals surface area contributed by atoms with Crippen LogP contribution in [0.1, 0.15) is 52.3 Å². The van der Waals surface area contributed by atoms with Crippen molar-refractivity contribution >= 4 is 17.7 Å². The SMILES string of the molecule is Cc1nc(CC(C)C)c(CN)c(-c2ccc(CN)cc2)c1CSc1ccc(C(N)=O)cc1. The van der Waals surface area contributed by atoms with Gasteiger partial charge in [0.25, 0.3) is 0 Å². The number of nitrogens with zero attached hydrogens (tertiary/aromatic N) is 1. The van der Waals surface area contributed by atoms with E-state index in [0.29, 0.717) is 24.6 Å². The van der Waals surface area contributed by atoms with Crippen LogP contribution in [0.4, 0.5) is 0 Å². The van der Waals surface area contributed by atoms with Gasteiger partial charge in [-0.05, 0) is 71.3 Å². The van der Waals surface area contributed by atoms with Crippen LogP contribution in [0.15, 0.2) is 53.4 Å². The molecule has 0 saturated heterocycles. The molecule has 6 N–H and O–H groups in total. The number of hydrogen-bond acceptors (Lipinski definition) is 5. The highest BCUT2D eigenvalue weighted by atomic mass is 32.2. The van der Waals surface area contributed by atoms with Gasteiger partial charge in [0, 0.05) is 40.7 Å². The van der Waals surface area contributed by atoms with Crippen LogP contribution in [0.5, 0.6) is 0 Å². The van der Waals surface area contributed by atoms with Crippen LogP contribution < -0.4 is 17.2 Å². The lowest BCUT2D eigenvalue weighted by molar-refractivity contribution is 0.1000. The van der Waals surface area contributed by atoms with Crippen LogP contribution in [0.25, 0.3) is 11.1 Å². The first kappa shape index (κ1) is 24.0. The molecule has 0 fully saturated rings. The third-order valence-corrected chi connectivity index (χ3v) is 6.54. The van der Waals surface area contributed by atoms with Crippen molar-refractivity contribution in [1.82, 2.24) is 4.98 Å². The highest BCUT2D eigenvalue weighted by molar-refractivity contribution is 7.98. The molecule has 168 valence electrons. The van der Waals surface area contributed by atoms with Gasteiger partial charge in [-0.3, -0.25) is 9.78 Å². The van der Waals surface area contributed by atoms with E-state index >= 15 is 0 Å². The van der Waals surface area contributed by atoms with Crippen molar-refractivity contribution < 1.29 is 4.79 Å². The molecule has 5 nitrogen and oxygen atoms in total. The molecule has 0 aliphatic heterocycles. The third-order valence-electron chi connectivity index (χ3n) is 5.50. The number of primary amides is 1. The smallest absolute Gasteiger partial charge is 0.248 e. The first-order chi connectivity index (χ1) is 15.3. The van der Waals surface area contributed by atoms with Gasteiger partial charge in [-0.15, -0.1) is 11.8 Å². The van der Waals surface area contributed by atoms with Crippen molar-refractivity contribution in [2.45, 2.75) is 50.9 Å². The number of nitrogens with two attached hydrogens (primary N) is 3. The number of carbonyl (C=O) groups is 1. The number of thioether (sulfide) groups is 1. The number of aromatic nitrogens is 1. The van der Waals surface area contributed by atoms with Gasteiger partial charge in [0.05, 0.1) is 0 Å². The Morgan fingerprint density at radius 2 is 1.62 bits per heavy atom. The lowest BCUT2D eigenvalue weighted by Crippen LogP contribution is -2.13. The molecule has 3 aromatic rings. The van der Waals surface area contributed by atoms with Crippen molar-refractivity contribution in [1.29, 1.82) is 0 Å². The first-order valence-electron chi connectivity index (χ1n) is 10.9. The normalized spacial score (nSPS) is 11.2. The summed E-state index contributed by atoms with van der Waals surface area (Å²) >= 11 is 1.71. The Morgan fingerprint density at radius 1 is 0.969 bits per heavy atom. The monoisotopic (exact) mass is 448 g/mol. The Kier molecular flexibility index (Phi) is 8.07. The molecule has 0 aliphatic rings. The summed E-state index contributed by atoms with van der Waals surface area (Å²) < 4.78 is 0. The fraction of sp³-hybridized carbons (Fsp3) is 0.308. The van der Waals surface area contributed by atoms with E-state index in [0.717, 1.165) is 45.1 Å². The minimum absolute atomic E-state index is 0.418. The molecule has 0 unspecified atom stereocenters. The fourth-order valence-corrected chi connectivity index (χ4v) is 4.82. The summed E-state index contributed by atoms with van der Waals surface area (Å²) in [7, 11) is 0. The molecule has 32 heavy (non-hydrogen) atoms. The van der Waals surface area contributed by atoms with Crippen molar-refractivity contribution in [3.63, 3.8) is 0 Å². The molecule has 6 heteroatoms. The Balaban J connectivity index is 2.05. The number of benzene rings is 2. The summed E-state index contributed by atoms with van der Waals surface area (Å²) in [6.45, 7) is 7.43. The maximum atomic E-state index is 11.3. The quantitative estimate of drug-likeness (QED) is 0.416. The van der Waals surface area contributed by atoms with Gasteiger partial charge >= 0.3 is 0 Å². The van der Waals surface area contributed by atoms with Crippen LogP contribution in [-0.4, -0.2) is 10.9 Å². The van der Waals surface area contributed by atoms with Gasteiger partial charge in [0.15, 0.2) is 0 Å². The van der Waals surface area contributed by atoms with E-state index < -0.39 is 5.91 Å². The van der Waals surface area contributed by atoms with Crippen molar-refractivity contribution in [2.75, 3.05) is 0 Å².